The minimum atomic E-state index is -4.22. The van der Waals surface area contributed by atoms with Gasteiger partial charge in [0.25, 0.3) is 0 Å². The zero-order valence-corrected chi connectivity index (χ0v) is 17.8. The summed E-state index contributed by atoms with van der Waals surface area (Å²) in [7, 11) is 0. The van der Waals surface area contributed by atoms with Crippen LogP contribution in [0.15, 0.2) is 12.1 Å². The van der Waals surface area contributed by atoms with E-state index in [0.29, 0.717) is 38.9 Å². The van der Waals surface area contributed by atoms with Crippen molar-refractivity contribution in [1.82, 2.24) is 10.2 Å². The van der Waals surface area contributed by atoms with Gasteiger partial charge in [-0.05, 0) is 62.9 Å². The monoisotopic (exact) mass is 598 g/mol. The summed E-state index contributed by atoms with van der Waals surface area (Å²) in [5, 5.41) is 12.9. The summed E-state index contributed by atoms with van der Waals surface area (Å²) in [4.78, 5) is 1.86. The molecule has 23 heavy (non-hydrogen) atoms. The van der Waals surface area contributed by atoms with Gasteiger partial charge in [0.2, 0.25) is 0 Å². The molecule has 1 heterocycles. The summed E-state index contributed by atoms with van der Waals surface area (Å²) in [6.45, 7) is 2.57. The molecular formula is C13H17Cl2F3I2N2O. The van der Waals surface area contributed by atoms with Crippen molar-refractivity contribution >= 4 is 70.0 Å². The third-order valence-corrected chi connectivity index (χ3v) is 5.09. The first-order chi connectivity index (χ1) is 9.78. The van der Waals surface area contributed by atoms with E-state index >= 15 is 0 Å². The number of halogens is 7. The number of phenols is 1. The number of piperazine rings is 1. The van der Waals surface area contributed by atoms with Gasteiger partial charge in [-0.1, -0.05) is 0 Å². The molecule has 2 N–H and O–H groups in total. The Balaban J connectivity index is 0.00000242. The lowest BCUT2D eigenvalue weighted by Crippen LogP contribution is -2.46. The first-order valence-electron chi connectivity index (χ1n) is 6.47. The molecule has 0 saturated carbocycles. The summed E-state index contributed by atoms with van der Waals surface area (Å²) in [6.07, 6.45) is -5.09. The maximum absolute atomic E-state index is 12.9. The zero-order valence-electron chi connectivity index (χ0n) is 11.9. The molecule has 0 unspecified atom stereocenters. The molecule has 0 bridgehead atoms. The Morgan fingerprint density at radius 3 is 2.04 bits per heavy atom. The predicted molar refractivity (Wildman–Crippen MR) is 106 cm³/mol. The average Bonchev–Trinajstić information content (AvgIpc) is 2.41. The summed E-state index contributed by atoms with van der Waals surface area (Å²) in [6, 6.07) is 2.60. The van der Waals surface area contributed by atoms with E-state index in [9.17, 15) is 18.3 Å². The fourth-order valence-corrected chi connectivity index (χ4v) is 4.26. The molecule has 0 radical (unpaired) electrons. The molecule has 2 rings (SSSR count). The van der Waals surface area contributed by atoms with Crippen molar-refractivity contribution in [2.24, 2.45) is 0 Å². The summed E-state index contributed by atoms with van der Waals surface area (Å²) in [5.41, 5.74) is 0.612. The second-order valence-corrected chi connectivity index (χ2v) is 7.28. The van der Waals surface area contributed by atoms with Gasteiger partial charge in [0.15, 0.2) is 0 Å². The van der Waals surface area contributed by atoms with Crippen molar-refractivity contribution < 1.29 is 18.3 Å². The molecule has 1 aromatic rings. The number of nitrogens with one attached hydrogen (secondary N) is 1. The normalized spacial score (nSPS) is 17.1. The summed E-state index contributed by atoms with van der Waals surface area (Å²) >= 11 is 3.90. The van der Waals surface area contributed by atoms with Crippen LogP contribution >= 0.6 is 70.0 Å². The highest BCUT2D eigenvalue weighted by Crippen LogP contribution is 2.37. The van der Waals surface area contributed by atoms with E-state index in [1.807, 2.05) is 50.1 Å². The van der Waals surface area contributed by atoms with Gasteiger partial charge < -0.3 is 10.4 Å². The lowest BCUT2D eigenvalue weighted by Gasteiger charge is -2.36. The number of nitrogens with zero attached hydrogens (tertiary/aromatic N) is 1. The van der Waals surface area contributed by atoms with Gasteiger partial charge in [0.1, 0.15) is 5.75 Å². The van der Waals surface area contributed by atoms with E-state index in [2.05, 4.69) is 5.32 Å². The highest BCUT2D eigenvalue weighted by atomic mass is 127. The number of alkyl halides is 3. The van der Waals surface area contributed by atoms with Crippen LogP contribution in [0.2, 0.25) is 0 Å². The Labute approximate surface area is 172 Å². The van der Waals surface area contributed by atoms with Crippen LogP contribution in [0.25, 0.3) is 0 Å². The van der Waals surface area contributed by atoms with E-state index in [1.165, 1.54) is 0 Å². The van der Waals surface area contributed by atoms with E-state index in [0.717, 1.165) is 0 Å². The van der Waals surface area contributed by atoms with E-state index in [1.54, 1.807) is 12.1 Å². The lowest BCUT2D eigenvalue weighted by molar-refractivity contribution is -0.148. The van der Waals surface area contributed by atoms with Crippen LogP contribution in [0, 0.1) is 7.14 Å². The largest absolute Gasteiger partial charge is 0.506 e. The van der Waals surface area contributed by atoms with Gasteiger partial charge in [-0.15, -0.1) is 24.8 Å². The number of hydrogen-bond acceptors (Lipinski definition) is 3. The molecule has 0 aromatic heterocycles. The quantitative estimate of drug-likeness (QED) is 0.509. The molecule has 1 aliphatic heterocycles. The molecule has 1 atom stereocenters. The van der Waals surface area contributed by atoms with E-state index < -0.39 is 18.6 Å². The first kappa shape index (κ1) is 23.8. The molecule has 1 fully saturated rings. The van der Waals surface area contributed by atoms with Gasteiger partial charge in [0.05, 0.1) is 13.6 Å². The molecule has 1 aromatic carbocycles. The van der Waals surface area contributed by atoms with Crippen LogP contribution in [0.1, 0.15) is 18.0 Å². The topological polar surface area (TPSA) is 35.5 Å². The average molecular weight is 599 g/mol. The maximum Gasteiger partial charge on any atom is 0.390 e. The molecule has 0 amide bonds. The smallest absolute Gasteiger partial charge is 0.390 e. The van der Waals surface area contributed by atoms with Crippen molar-refractivity contribution in [3.8, 4) is 5.75 Å². The standard InChI is InChI=1S/C13H15F3I2N2O.2ClH/c14-13(15,16)7-11(20-3-1-19-2-4-20)8-5-9(17)12(21)10(18)6-8;;/h5-6,11,19,21H,1-4,7H2;2*1H/t11-;;/m0../s1. The Bertz CT molecular complexity index is 491. The van der Waals surface area contributed by atoms with E-state index in [-0.39, 0.29) is 30.6 Å². The summed E-state index contributed by atoms with van der Waals surface area (Å²) < 4.78 is 40.0. The van der Waals surface area contributed by atoms with Gasteiger partial charge in [0, 0.05) is 32.2 Å². The molecule has 0 spiro atoms. The number of benzene rings is 1. The number of hydrogen-bond donors (Lipinski definition) is 2. The fraction of sp³-hybridized carbons (Fsp3) is 0.538. The van der Waals surface area contributed by atoms with Crippen LogP contribution in [0.4, 0.5) is 13.2 Å². The second-order valence-electron chi connectivity index (χ2n) is 4.95. The summed E-state index contributed by atoms with van der Waals surface area (Å²) in [5.74, 6) is 0.131. The molecule has 0 aliphatic carbocycles. The maximum atomic E-state index is 12.9. The van der Waals surface area contributed by atoms with Gasteiger partial charge in [-0.25, -0.2) is 0 Å². The number of phenolic OH excluding ortho intramolecular Hbond substituents is 1. The number of rotatable bonds is 3. The Morgan fingerprint density at radius 2 is 1.61 bits per heavy atom. The van der Waals surface area contributed by atoms with Gasteiger partial charge in [-0.2, -0.15) is 13.2 Å². The van der Waals surface area contributed by atoms with E-state index in [4.69, 9.17) is 0 Å². The third kappa shape index (κ3) is 6.89. The van der Waals surface area contributed by atoms with Crippen molar-refractivity contribution in [1.29, 1.82) is 0 Å². The Hall–Kier alpha value is 0.770. The van der Waals surface area contributed by atoms with Crippen molar-refractivity contribution in [3.05, 3.63) is 24.8 Å². The predicted octanol–water partition coefficient (Wildman–Crippen LogP) is 4.34. The van der Waals surface area contributed by atoms with Crippen LogP contribution in [0.3, 0.4) is 0 Å². The number of aromatic hydroxyl groups is 1. The molecule has 10 heteroatoms. The highest BCUT2D eigenvalue weighted by molar-refractivity contribution is 14.1. The molecule has 134 valence electrons. The Kier molecular flexibility index (Phi) is 10.4. The lowest BCUT2D eigenvalue weighted by atomic mass is 10.0. The molecular weight excluding hydrogens is 582 g/mol. The molecule has 3 nitrogen and oxygen atoms in total. The van der Waals surface area contributed by atoms with Crippen LogP contribution in [0.5, 0.6) is 5.75 Å². The zero-order chi connectivity index (χ0) is 15.6. The van der Waals surface area contributed by atoms with Gasteiger partial charge in [-0.3, -0.25) is 4.90 Å². The first-order valence-corrected chi connectivity index (χ1v) is 8.63. The van der Waals surface area contributed by atoms with Crippen molar-refractivity contribution in [2.45, 2.75) is 18.6 Å². The van der Waals surface area contributed by atoms with Crippen molar-refractivity contribution in [2.75, 3.05) is 26.2 Å². The Morgan fingerprint density at radius 1 is 1.13 bits per heavy atom. The minimum absolute atomic E-state index is 0. The van der Waals surface area contributed by atoms with Crippen LogP contribution in [-0.4, -0.2) is 42.4 Å². The van der Waals surface area contributed by atoms with Crippen LogP contribution in [-0.2, 0) is 0 Å². The fourth-order valence-electron chi connectivity index (χ4n) is 2.45. The van der Waals surface area contributed by atoms with Gasteiger partial charge >= 0.3 is 6.18 Å². The minimum Gasteiger partial charge on any atom is -0.506 e. The van der Waals surface area contributed by atoms with Crippen LogP contribution < -0.4 is 5.32 Å². The molecule has 1 aliphatic rings. The highest BCUT2D eigenvalue weighted by Gasteiger charge is 2.36. The second kappa shape index (κ2) is 10.0. The third-order valence-electron chi connectivity index (χ3n) is 3.44. The molecule has 1 saturated heterocycles. The van der Waals surface area contributed by atoms with Crippen molar-refractivity contribution in [3.63, 3.8) is 0 Å². The SMILES string of the molecule is Cl.Cl.Oc1c(I)cc([C@H](CC(F)(F)F)N2CCNCC2)cc1I.